The zero-order chi connectivity index (χ0) is 36.7. The van der Waals surface area contributed by atoms with E-state index in [0.29, 0.717) is 11.8 Å². The summed E-state index contributed by atoms with van der Waals surface area (Å²) in [7, 11) is 0. The summed E-state index contributed by atoms with van der Waals surface area (Å²) in [5.74, 6) is 3.42. The van der Waals surface area contributed by atoms with E-state index in [1.807, 2.05) is 12.1 Å². The molecule has 264 valence electrons. The number of fused-ring (bicyclic) bond motifs is 7. The minimum atomic E-state index is -0.112. The Morgan fingerprint density at radius 1 is 0.673 bits per heavy atom. The molecule has 4 nitrogen and oxygen atoms in total. The zero-order valence-electron chi connectivity index (χ0n) is 30.8. The first-order valence-electron chi connectivity index (χ1n) is 19.3. The van der Waals surface area contributed by atoms with Gasteiger partial charge in [-0.1, -0.05) is 160 Å². The number of para-hydroxylation sites is 1. The van der Waals surface area contributed by atoms with Gasteiger partial charge in [0.15, 0.2) is 5.82 Å². The third-order valence-corrected chi connectivity index (χ3v) is 12.2. The number of ether oxygens (including phenoxy) is 1. The molecule has 3 heterocycles. The van der Waals surface area contributed by atoms with E-state index in [0.717, 1.165) is 79.1 Å². The number of hydrogen-bond acceptors (Lipinski definition) is 4. The summed E-state index contributed by atoms with van der Waals surface area (Å²) in [5.41, 5.74) is 13.6. The van der Waals surface area contributed by atoms with Crippen molar-refractivity contribution in [3.8, 4) is 39.5 Å². The molecule has 0 fully saturated rings. The first kappa shape index (κ1) is 32.0. The molecule has 1 aromatic heterocycles. The van der Waals surface area contributed by atoms with Crippen LogP contribution in [0.1, 0.15) is 54.3 Å². The van der Waals surface area contributed by atoms with Crippen LogP contribution in [-0.2, 0) is 5.41 Å². The van der Waals surface area contributed by atoms with Gasteiger partial charge < -0.3 is 10.1 Å². The molecule has 0 saturated heterocycles. The number of hydrogen-bond donors (Lipinski definition) is 1. The molecule has 3 aliphatic carbocycles. The maximum atomic E-state index is 6.40. The van der Waals surface area contributed by atoms with E-state index >= 15 is 0 Å². The smallest absolute Gasteiger partial charge is 0.160 e. The van der Waals surface area contributed by atoms with Gasteiger partial charge in [-0.25, -0.2) is 9.97 Å². The molecule has 55 heavy (non-hydrogen) atoms. The van der Waals surface area contributed by atoms with Crippen molar-refractivity contribution in [2.45, 2.75) is 31.7 Å². The van der Waals surface area contributed by atoms with Gasteiger partial charge in [-0.05, 0) is 63.9 Å². The van der Waals surface area contributed by atoms with Crippen LogP contribution in [0.5, 0.6) is 5.75 Å². The number of nitrogens with one attached hydrogen (secondary N) is 1. The lowest BCUT2D eigenvalue weighted by atomic mass is 9.82. The molecule has 3 atom stereocenters. The Morgan fingerprint density at radius 2 is 1.42 bits per heavy atom. The summed E-state index contributed by atoms with van der Waals surface area (Å²) >= 11 is 0. The molecule has 5 aromatic carbocycles. The van der Waals surface area contributed by atoms with E-state index in [9.17, 15) is 0 Å². The van der Waals surface area contributed by atoms with Crippen LogP contribution in [-0.4, -0.2) is 9.97 Å². The standard InChI is InChI=1S/C51H39N3O/c1-51(2)42-18-10-8-14-37(42)38-27-26-36(29-43(38)51)50-52-44(30-45(53-50)35-25-24-34(28-35)31-12-4-3-5-13-31)32-20-22-33(23-21-32)47-39-15-6-7-16-40(39)49-48(54-47)41-17-9-11-19-46(41)55-49/h3-12,14-31,34,48,54H,13H2,1-2H3. The summed E-state index contributed by atoms with van der Waals surface area (Å²) in [6, 6.07) is 43.4. The van der Waals surface area contributed by atoms with E-state index in [-0.39, 0.29) is 11.5 Å². The van der Waals surface area contributed by atoms with E-state index in [2.05, 4.69) is 171 Å². The second-order valence-corrected chi connectivity index (χ2v) is 15.7. The number of nitrogens with zero attached hydrogens (tertiary/aromatic N) is 2. The Morgan fingerprint density at radius 3 is 2.29 bits per heavy atom. The average Bonchev–Trinajstić information content (AvgIpc) is 3.95. The van der Waals surface area contributed by atoms with Crippen molar-refractivity contribution in [2.24, 2.45) is 11.8 Å². The molecule has 1 N–H and O–H groups in total. The largest absolute Gasteiger partial charge is 0.458 e. The van der Waals surface area contributed by atoms with Crippen LogP contribution in [0.25, 0.3) is 50.8 Å². The van der Waals surface area contributed by atoms with Crippen molar-refractivity contribution in [1.82, 2.24) is 15.3 Å². The summed E-state index contributed by atoms with van der Waals surface area (Å²) < 4.78 is 6.40. The van der Waals surface area contributed by atoms with E-state index < -0.39 is 0 Å². The molecule has 5 aliphatic rings. The minimum absolute atomic E-state index is 0.0328. The topological polar surface area (TPSA) is 47.0 Å². The van der Waals surface area contributed by atoms with Gasteiger partial charge in [-0.3, -0.25) is 0 Å². The quantitative estimate of drug-likeness (QED) is 0.194. The normalized spacial score (nSPS) is 20.5. The molecule has 6 aromatic rings. The van der Waals surface area contributed by atoms with Crippen LogP contribution in [0, 0.1) is 11.8 Å². The van der Waals surface area contributed by atoms with Crippen LogP contribution >= 0.6 is 0 Å². The van der Waals surface area contributed by atoms with Gasteiger partial charge >= 0.3 is 0 Å². The van der Waals surface area contributed by atoms with Crippen LogP contribution in [0.4, 0.5) is 0 Å². The molecular weight excluding hydrogens is 671 g/mol. The lowest BCUT2D eigenvalue weighted by Gasteiger charge is -2.23. The Kier molecular flexibility index (Phi) is 7.12. The fourth-order valence-electron chi connectivity index (χ4n) is 9.24. The summed E-state index contributed by atoms with van der Waals surface area (Å²) in [5, 5.41) is 6.12. The average molecular weight is 710 g/mol. The molecule has 0 amide bonds. The zero-order valence-corrected chi connectivity index (χ0v) is 30.8. The molecule has 0 radical (unpaired) electrons. The van der Waals surface area contributed by atoms with Gasteiger partial charge in [0.1, 0.15) is 17.6 Å². The Balaban J connectivity index is 1.01. The minimum Gasteiger partial charge on any atom is -0.458 e. The highest BCUT2D eigenvalue weighted by Crippen LogP contribution is 2.49. The summed E-state index contributed by atoms with van der Waals surface area (Å²) in [6.45, 7) is 4.65. The molecule has 0 bridgehead atoms. The van der Waals surface area contributed by atoms with Gasteiger partial charge in [0.2, 0.25) is 0 Å². The second kappa shape index (κ2) is 12.3. The first-order valence-corrected chi connectivity index (χ1v) is 19.3. The molecular formula is C51H39N3O. The first-order chi connectivity index (χ1) is 27.0. The SMILES string of the molecule is CC1(C)c2ccccc2-c2ccc(-c3nc(C4=CC(C5C=CC=CC5)C=C4)cc(-c4ccc(C5=c6ccccc6=C6Oc7ccccc7C6N5)cc4)n3)cc21. The molecule has 11 rings (SSSR count). The molecule has 4 heteroatoms. The number of allylic oxidation sites excluding steroid dienone is 8. The van der Waals surface area contributed by atoms with Gasteiger partial charge in [0, 0.05) is 38.5 Å². The van der Waals surface area contributed by atoms with Crippen molar-refractivity contribution >= 4 is 17.0 Å². The van der Waals surface area contributed by atoms with Gasteiger partial charge in [0.05, 0.1) is 17.1 Å². The van der Waals surface area contributed by atoms with Gasteiger partial charge in [0.25, 0.3) is 0 Å². The number of rotatable bonds is 5. The number of aromatic nitrogens is 2. The molecule has 2 aliphatic heterocycles. The van der Waals surface area contributed by atoms with Crippen molar-refractivity contribution in [2.75, 3.05) is 0 Å². The predicted molar refractivity (Wildman–Crippen MR) is 222 cm³/mol. The lowest BCUT2D eigenvalue weighted by Crippen LogP contribution is -2.42. The molecule has 0 spiro atoms. The van der Waals surface area contributed by atoms with Crippen molar-refractivity contribution in [3.63, 3.8) is 0 Å². The predicted octanol–water partition coefficient (Wildman–Crippen LogP) is 9.82. The third-order valence-electron chi connectivity index (χ3n) is 12.2. The maximum Gasteiger partial charge on any atom is 0.160 e. The molecule has 0 saturated carbocycles. The van der Waals surface area contributed by atoms with Crippen molar-refractivity contribution < 1.29 is 4.74 Å². The maximum absolute atomic E-state index is 6.40. The van der Waals surface area contributed by atoms with Crippen molar-refractivity contribution in [3.05, 3.63) is 202 Å². The second-order valence-electron chi connectivity index (χ2n) is 15.7. The van der Waals surface area contributed by atoms with E-state index in [1.54, 1.807) is 0 Å². The monoisotopic (exact) mass is 709 g/mol. The highest BCUT2D eigenvalue weighted by atomic mass is 16.5. The Bertz CT molecular complexity index is 2840. The fourth-order valence-corrected chi connectivity index (χ4v) is 9.24. The molecule has 3 unspecified atom stereocenters. The van der Waals surface area contributed by atoms with Gasteiger partial charge in [-0.15, -0.1) is 0 Å². The fraction of sp³-hybridized carbons (Fsp3) is 0.137. The van der Waals surface area contributed by atoms with Crippen LogP contribution < -0.4 is 20.5 Å². The van der Waals surface area contributed by atoms with E-state index in [1.165, 1.54) is 22.3 Å². The number of benzene rings is 5. The van der Waals surface area contributed by atoms with E-state index in [4.69, 9.17) is 14.7 Å². The Hall–Kier alpha value is -6.52. The van der Waals surface area contributed by atoms with Crippen LogP contribution in [0.3, 0.4) is 0 Å². The van der Waals surface area contributed by atoms with Crippen molar-refractivity contribution in [1.29, 1.82) is 0 Å². The highest BCUT2D eigenvalue weighted by molar-refractivity contribution is 5.84. The Labute approximate surface area is 321 Å². The van der Waals surface area contributed by atoms with Crippen LogP contribution in [0.2, 0.25) is 0 Å². The third kappa shape index (κ3) is 5.12. The summed E-state index contributed by atoms with van der Waals surface area (Å²) in [6.07, 6.45) is 16.9. The lowest BCUT2D eigenvalue weighted by molar-refractivity contribution is 0.501. The van der Waals surface area contributed by atoms with Crippen LogP contribution in [0.15, 0.2) is 164 Å². The highest BCUT2D eigenvalue weighted by Gasteiger charge is 2.36. The van der Waals surface area contributed by atoms with Gasteiger partial charge in [-0.2, -0.15) is 0 Å². The summed E-state index contributed by atoms with van der Waals surface area (Å²) in [4.78, 5) is 10.6.